The maximum atomic E-state index is 5.51. The molecule has 0 amide bonds. The lowest BCUT2D eigenvalue weighted by Crippen LogP contribution is -1.94. The highest BCUT2D eigenvalue weighted by molar-refractivity contribution is 7.99. The monoisotopic (exact) mass is 207 g/mol. The Bertz CT molecular complexity index is 439. The average molecular weight is 207 g/mol. The molecular formula is C8H9N5S. The summed E-state index contributed by atoms with van der Waals surface area (Å²) in [5, 5.41) is 1.62. The van der Waals surface area contributed by atoms with Crippen molar-refractivity contribution in [3.8, 4) is 0 Å². The number of hydrogen-bond acceptors (Lipinski definition) is 5. The van der Waals surface area contributed by atoms with Crippen LogP contribution in [-0.4, -0.2) is 19.5 Å². The molecule has 0 unspecified atom stereocenters. The number of nitrogen functional groups attached to an aromatic ring is 1. The van der Waals surface area contributed by atoms with Gasteiger partial charge in [0.2, 0.25) is 0 Å². The van der Waals surface area contributed by atoms with E-state index in [0.29, 0.717) is 5.82 Å². The highest BCUT2D eigenvalue weighted by atomic mass is 32.2. The Balaban J connectivity index is 2.23. The van der Waals surface area contributed by atoms with Crippen molar-refractivity contribution in [3.05, 3.63) is 24.8 Å². The van der Waals surface area contributed by atoms with Crippen LogP contribution in [0.5, 0.6) is 0 Å². The van der Waals surface area contributed by atoms with E-state index < -0.39 is 0 Å². The van der Waals surface area contributed by atoms with Gasteiger partial charge in [-0.15, -0.1) is 0 Å². The highest BCUT2D eigenvalue weighted by Gasteiger charge is 2.03. The molecule has 0 radical (unpaired) electrons. The standard InChI is InChI=1S/C8H9N5S/c1-13-3-2-11-8(13)14-7-5-10-4-6(9)12-7/h2-5H,1H3,(H2,9,12). The lowest BCUT2D eigenvalue weighted by molar-refractivity contribution is 0.788. The van der Waals surface area contributed by atoms with Crippen molar-refractivity contribution in [1.29, 1.82) is 0 Å². The van der Waals surface area contributed by atoms with Crippen LogP contribution in [0.25, 0.3) is 0 Å². The first-order valence-corrected chi connectivity index (χ1v) is 4.80. The van der Waals surface area contributed by atoms with E-state index in [1.807, 2.05) is 17.8 Å². The predicted octanol–water partition coefficient (Wildman–Crippen LogP) is 0.943. The topological polar surface area (TPSA) is 69.6 Å². The molecule has 0 aliphatic heterocycles. The van der Waals surface area contributed by atoms with Gasteiger partial charge in [0.25, 0.3) is 0 Å². The van der Waals surface area contributed by atoms with E-state index in [-0.39, 0.29) is 0 Å². The summed E-state index contributed by atoms with van der Waals surface area (Å²) in [4.78, 5) is 12.2. The Hall–Kier alpha value is -1.56. The molecule has 5 nitrogen and oxygen atoms in total. The lowest BCUT2D eigenvalue weighted by Gasteiger charge is -2.00. The number of rotatable bonds is 2. The molecule has 2 aromatic heterocycles. The zero-order valence-electron chi connectivity index (χ0n) is 7.58. The second-order valence-corrected chi connectivity index (χ2v) is 3.69. The van der Waals surface area contributed by atoms with Crippen LogP contribution in [-0.2, 0) is 7.05 Å². The van der Waals surface area contributed by atoms with Crippen molar-refractivity contribution in [3.63, 3.8) is 0 Å². The van der Waals surface area contributed by atoms with Crippen LogP contribution in [0.3, 0.4) is 0 Å². The van der Waals surface area contributed by atoms with Crippen molar-refractivity contribution in [2.24, 2.45) is 7.05 Å². The summed E-state index contributed by atoms with van der Waals surface area (Å²) in [6.45, 7) is 0. The maximum Gasteiger partial charge on any atom is 0.174 e. The van der Waals surface area contributed by atoms with Gasteiger partial charge in [-0.05, 0) is 11.8 Å². The van der Waals surface area contributed by atoms with Crippen LogP contribution in [0, 0.1) is 0 Å². The SMILES string of the molecule is Cn1ccnc1Sc1cncc(N)n1. The molecule has 0 saturated heterocycles. The molecule has 2 aromatic rings. The van der Waals surface area contributed by atoms with Crippen LogP contribution in [0.2, 0.25) is 0 Å². The smallest absolute Gasteiger partial charge is 0.174 e. The average Bonchev–Trinajstić information content (AvgIpc) is 2.52. The third-order valence-electron chi connectivity index (χ3n) is 1.60. The first-order chi connectivity index (χ1) is 6.75. The summed E-state index contributed by atoms with van der Waals surface area (Å²) >= 11 is 1.43. The Labute approximate surface area is 85.4 Å². The molecule has 0 spiro atoms. The second kappa shape index (κ2) is 3.67. The molecule has 2 N–H and O–H groups in total. The van der Waals surface area contributed by atoms with E-state index in [2.05, 4.69) is 15.0 Å². The van der Waals surface area contributed by atoms with Gasteiger partial charge in [-0.2, -0.15) is 0 Å². The van der Waals surface area contributed by atoms with Gasteiger partial charge in [-0.25, -0.2) is 9.97 Å². The number of aryl methyl sites for hydroxylation is 1. The number of imidazole rings is 1. The van der Waals surface area contributed by atoms with Crippen molar-refractivity contribution in [2.75, 3.05) is 5.73 Å². The Kier molecular flexibility index (Phi) is 2.36. The molecule has 0 aliphatic carbocycles. The highest BCUT2D eigenvalue weighted by Crippen LogP contribution is 2.23. The molecule has 6 heteroatoms. The summed E-state index contributed by atoms with van der Waals surface area (Å²) in [5.74, 6) is 0.421. The summed E-state index contributed by atoms with van der Waals surface area (Å²) in [5.41, 5.74) is 5.51. The number of anilines is 1. The molecule has 0 atom stereocenters. The normalized spacial score (nSPS) is 10.4. The van der Waals surface area contributed by atoms with Crippen molar-refractivity contribution in [2.45, 2.75) is 10.2 Å². The van der Waals surface area contributed by atoms with Gasteiger partial charge in [-0.3, -0.25) is 4.98 Å². The maximum absolute atomic E-state index is 5.51. The molecular weight excluding hydrogens is 198 g/mol. The quantitative estimate of drug-likeness (QED) is 0.793. The van der Waals surface area contributed by atoms with E-state index in [1.165, 1.54) is 18.0 Å². The van der Waals surface area contributed by atoms with E-state index in [0.717, 1.165) is 10.2 Å². The Morgan fingerprint density at radius 3 is 2.93 bits per heavy atom. The molecule has 0 aliphatic rings. The largest absolute Gasteiger partial charge is 0.382 e. The van der Waals surface area contributed by atoms with Gasteiger partial charge >= 0.3 is 0 Å². The molecule has 2 rings (SSSR count). The third kappa shape index (κ3) is 1.85. The first-order valence-electron chi connectivity index (χ1n) is 3.98. The zero-order chi connectivity index (χ0) is 9.97. The minimum absolute atomic E-state index is 0.421. The van der Waals surface area contributed by atoms with Crippen LogP contribution < -0.4 is 5.73 Å². The number of nitrogens with two attached hydrogens (primary N) is 1. The van der Waals surface area contributed by atoms with Crippen LogP contribution >= 0.6 is 11.8 Å². The fourth-order valence-electron chi connectivity index (χ4n) is 0.955. The fraction of sp³-hybridized carbons (Fsp3) is 0.125. The summed E-state index contributed by atoms with van der Waals surface area (Å²) in [6.07, 6.45) is 6.79. The van der Waals surface area contributed by atoms with Crippen LogP contribution in [0.4, 0.5) is 5.82 Å². The number of aromatic nitrogens is 4. The fourth-order valence-corrected chi connectivity index (χ4v) is 1.73. The van der Waals surface area contributed by atoms with Crippen molar-refractivity contribution in [1.82, 2.24) is 19.5 Å². The third-order valence-corrected chi connectivity index (χ3v) is 2.59. The minimum atomic E-state index is 0.421. The molecule has 0 aromatic carbocycles. The van der Waals surface area contributed by atoms with Crippen molar-refractivity contribution < 1.29 is 0 Å². The lowest BCUT2D eigenvalue weighted by atomic mass is 10.7. The Morgan fingerprint density at radius 2 is 2.29 bits per heavy atom. The molecule has 0 fully saturated rings. The van der Waals surface area contributed by atoms with Gasteiger partial charge in [0.15, 0.2) is 5.16 Å². The van der Waals surface area contributed by atoms with Gasteiger partial charge in [0, 0.05) is 19.4 Å². The molecule has 0 saturated carbocycles. The van der Waals surface area contributed by atoms with Crippen LogP contribution in [0.1, 0.15) is 0 Å². The summed E-state index contributed by atoms with van der Waals surface area (Å²) in [6, 6.07) is 0. The van der Waals surface area contributed by atoms with Crippen LogP contribution in [0.15, 0.2) is 35.0 Å². The van der Waals surface area contributed by atoms with Gasteiger partial charge in [0.05, 0.1) is 12.4 Å². The molecule has 14 heavy (non-hydrogen) atoms. The van der Waals surface area contributed by atoms with E-state index in [4.69, 9.17) is 5.73 Å². The second-order valence-electron chi connectivity index (χ2n) is 2.70. The zero-order valence-corrected chi connectivity index (χ0v) is 8.40. The van der Waals surface area contributed by atoms with Crippen molar-refractivity contribution >= 4 is 17.6 Å². The minimum Gasteiger partial charge on any atom is -0.382 e. The van der Waals surface area contributed by atoms with E-state index in [1.54, 1.807) is 12.4 Å². The first kappa shape index (κ1) is 9.01. The van der Waals surface area contributed by atoms with E-state index in [9.17, 15) is 0 Å². The summed E-state index contributed by atoms with van der Waals surface area (Å²) in [7, 11) is 1.93. The van der Waals surface area contributed by atoms with Gasteiger partial charge in [0.1, 0.15) is 10.8 Å². The molecule has 2 heterocycles. The van der Waals surface area contributed by atoms with Gasteiger partial charge < -0.3 is 10.3 Å². The van der Waals surface area contributed by atoms with Gasteiger partial charge in [-0.1, -0.05) is 0 Å². The summed E-state index contributed by atoms with van der Waals surface area (Å²) < 4.78 is 1.91. The molecule has 72 valence electrons. The number of hydrogen-bond donors (Lipinski definition) is 1. The Morgan fingerprint density at radius 1 is 1.43 bits per heavy atom. The number of nitrogens with zero attached hydrogens (tertiary/aromatic N) is 4. The molecule has 0 bridgehead atoms. The predicted molar refractivity (Wildman–Crippen MR) is 53.8 cm³/mol. The van der Waals surface area contributed by atoms with E-state index >= 15 is 0 Å².